The molecule has 0 unspecified atom stereocenters. The second-order valence-corrected chi connectivity index (χ2v) is 7.84. The fourth-order valence-electron chi connectivity index (χ4n) is 2.82. The number of nitrogens with two attached hydrogens (primary N) is 1. The molecule has 29 heavy (non-hydrogen) atoms. The average molecular weight is 407 g/mol. The summed E-state index contributed by atoms with van der Waals surface area (Å²) in [7, 11) is 0. The monoisotopic (exact) mass is 406 g/mol. The van der Waals surface area contributed by atoms with Gasteiger partial charge in [0.05, 0.1) is 17.7 Å². The number of benzene rings is 2. The minimum absolute atomic E-state index is 0.115. The number of thioether (sulfide) groups is 1. The van der Waals surface area contributed by atoms with Gasteiger partial charge in [-0.3, -0.25) is 4.79 Å². The number of para-hydroxylation sites is 1. The van der Waals surface area contributed by atoms with Gasteiger partial charge in [-0.15, -0.1) is 10.2 Å². The zero-order valence-electron chi connectivity index (χ0n) is 16.3. The van der Waals surface area contributed by atoms with E-state index in [1.54, 1.807) is 11.8 Å². The van der Waals surface area contributed by atoms with E-state index in [-0.39, 0.29) is 12.3 Å². The molecule has 1 aromatic heterocycles. The molecule has 2 N–H and O–H groups in total. The van der Waals surface area contributed by atoms with Crippen molar-refractivity contribution >= 4 is 23.4 Å². The minimum Gasteiger partial charge on any atom is -0.335 e. The number of nitrogen functional groups attached to an aromatic ring is 1. The van der Waals surface area contributed by atoms with E-state index in [1.807, 2.05) is 61.5 Å². The predicted molar refractivity (Wildman–Crippen MR) is 115 cm³/mol. The molecule has 0 bridgehead atoms. The SMILES string of the molecule is Cc1ccc(-c2nnc(S[C@H](C)C(=O)N(CCC#N)c3ccccc3)n2N)cc1. The number of nitriles is 1. The van der Waals surface area contributed by atoms with Crippen LogP contribution in [-0.4, -0.2) is 32.6 Å². The van der Waals surface area contributed by atoms with Crippen molar-refractivity contribution in [3.8, 4) is 17.5 Å². The molecule has 3 rings (SSSR count). The second-order valence-electron chi connectivity index (χ2n) is 6.54. The van der Waals surface area contributed by atoms with Crippen molar-refractivity contribution in [2.75, 3.05) is 17.3 Å². The summed E-state index contributed by atoms with van der Waals surface area (Å²) in [5.41, 5.74) is 2.76. The molecular weight excluding hydrogens is 384 g/mol. The molecule has 0 spiro atoms. The Bertz CT molecular complexity index is 1010. The van der Waals surface area contributed by atoms with Crippen LogP contribution < -0.4 is 10.7 Å². The van der Waals surface area contributed by atoms with Gasteiger partial charge >= 0.3 is 0 Å². The number of nitrogens with zero attached hydrogens (tertiary/aromatic N) is 5. The molecular formula is C21H22N6OS. The summed E-state index contributed by atoms with van der Waals surface area (Å²) in [5.74, 6) is 6.62. The molecule has 0 saturated carbocycles. The fraction of sp³-hybridized carbons (Fsp3) is 0.238. The summed E-state index contributed by atoms with van der Waals surface area (Å²) in [6, 6.07) is 19.3. The van der Waals surface area contributed by atoms with Crippen molar-refractivity contribution in [3.05, 3.63) is 60.2 Å². The van der Waals surface area contributed by atoms with Gasteiger partial charge in [-0.1, -0.05) is 59.8 Å². The molecule has 3 aromatic rings. The van der Waals surface area contributed by atoms with Crippen LogP contribution in [0.1, 0.15) is 18.9 Å². The number of aryl methyl sites for hydroxylation is 1. The number of hydrogen-bond donors (Lipinski definition) is 1. The van der Waals surface area contributed by atoms with Crippen molar-refractivity contribution < 1.29 is 4.79 Å². The number of aromatic nitrogens is 3. The number of rotatable bonds is 7. The molecule has 2 aromatic carbocycles. The van der Waals surface area contributed by atoms with Crippen molar-refractivity contribution in [2.24, 2.45) is 0 Å². The molecule has 0 aliphatic carbocycles. The highest BCUT2D eigenvalue weighted by Gasteiger charge is 2.25. The Morgan fingerprint density at radius 2 is 1.90 bits per heavy atom. The summed E-state index contributed by atoms with van der Waals surface area (Å²) in [4.78, 5) is 14.7. The molecule has 8 heteroatoms. The second kappa shape index (κ2) is 9.26. The molecule has 0 radical (unpaired) electrons. The lowest BCUT2D eigenvalue weighted by Gasteiger charge is -2.24. The van der Waals surface area contributed by atoms with Crippen LogP contribution in [0.25, 0.3) is 11.4 Å². The lowest BCUT2D eigenvalue weighted by Crippen LogP contribution is -2.37. The number of carbonyl (C=O) groups is 1. The zero-order valence-corrected chi connectivity index (χ0v) is 17.1. The topological polar surface area (TPSA) is 101 Å². The lowest BCUT2D eigenvalue weighted by molar-refractivity contribution is -0.117. The van der Waals surface area contributed by atoms with Crippen molar-refractivity contribution in [1.82, 2.24) is 14.9 Å². The Kier molecular flexibility index (Phi) is 6.52. The lowest BCUT2D eigenvalue weighted by atomic mass is 10.1. The molecule has 0 fully saturated rings. The maximum absolute atomic E-state index is 13.1. The van der Waals surface area contributed by atoms with Crippen LogP contribution in [0.15, 0.2) is 59.8 Å². The van der Waals surface area contributed by atoms with Crippen molar-refractivity contribution in [1.29, 1.82) is 5.26 Å². The standard InChI is InChI=1S/C21H22N6OS/c1-15-9-11-17(12-10-15)19-24-25-21(27(19)23)29-16(2)20(28)26(14-6-13-22)18-7-4-3-5-8-18/h3-5,7-12,16H,6,14,23H2,1-2H3/t16-/m1/s1. The smallest absolute Gasteiger partial charge is 0.240 e. The highest BCUT2D eigenvalue weighted by molar-refractivity contribution is 8.00. The Morgan fingerprint density at radius 3 is 2.55 bits per heavy atom. The quantitative estimate of drug-likeness (QED) is 0.477. The maximum atomic E-state index is 13.1. The molecule has 1 heterocycles. The van der Waals surface area contributed by atoms with Gasteiger partial charge in [0.25, 0.3) is 0 Å². The van der Waals surface area contributed by atoms with Gasteiger partial charge in [-0.2, -0.15) is 5.26 Å². The van der Waals surface area contributed by atoms with E-state index in [9.17, 15) is 4.79 Å². The highest BCUT2D eigenvalue weighted by atomic mass is 32.2. The first kappa shape index (κ1) is 20.4. The Balaban J connectivity index is 1.78. The van der Waals surface area contributed by atoms with Gasteiger partial charge in [-0.05, 0) is 26.0 Å². The van der Waals surface area contributed by atoms with Crippen molar-refractivity contribution in [3.63, 3.8) is 0 Å². The van der Waals surface area contributed by atoms with Crippen LogP contribution in [0.5, 0.6) is 0 Å². The van der Waals surface area contributed by atoms with E-state index in [4.69, 9.17) is 11.1 Å². The Morgan fingerprint density at radius 1 is 1.21 bits per heavy atom. The van der Waals surface area contributed by atoms with Crippen molar-refractivity contribution in [2.45, 2.75) is 30.7 Å². The van der Waals surface area contributed by atoms with E-state index in [0.29, 0.717) is 17.5 Å². The normalized spacial score (nSPS) is 11.6. The highest BCUT2D eigenvalue weighted by Crippen LogP contribution is 2.27. The van der Waals surface area contributed by atoms with Crippen LogP contribution in [0.2, 0.25) is 0 Å². The summed E-state index contributed by atoms with van der Waals surface area (Å²) in [6.07, 6.45) is 0.253. The maximum Gasteiger partial charge on any atom is 0.240 e. The Hall–Kier alpha value is -3.31. The molecule has 148 valence electrons. The molecule has 0 saturated heterocycles. The van der Waals surface area contributed by atoms with Crippen LogP contribution in [0.4, 0.5) is 5.69 Å². The summed E-state index contributed by atoms with van der Waals surface area (Å²) < 4.78 is 1.40. The first-order chi connectivity index (χ1) is 14.0. The first-order valence-corrected chi connectivity index (χ1v) is 10.1. The van der Waals surface area contributed by atoms with E-state index in [1.165, 1.54) is 16.4 Å². The van der Waals surface area contributed by atoms with Crippen LogP contribution >= 0.6 is 11.8 Å². The fourth-order valence-corrected chi connectivity index (χ4v) is 3.65. The van der Waals surface area contributed by atoms with Gasteiger partial charge in [-0.25, -0.2) is 4.68 Å². The number of anilines is 1. The zero-order chi connectivity index (χ0) is 20.8. The largest absolute Gasteiger partial charge is 0.335 e. The Labute approximate surface area is 174 Å². The number of hydrogen-bond acceptors (Lipinski definition) is 6. The average Bonchev–Trinajstić information content (AvgIpc) is 3.09. The van der Waals surface area contributed by atoms with E-state index in [0.717, 1.165) is 16.8 Å². The molecule has 1 atom stereocenters. The van der Waals surface area contributed by atoms with Gasteiger partial charge in [0.2, 0.25) is 11.1 Å². The van der Waals surface area contributed by atoms with Crippen LogP contribution in [0.3, 0.4) is 0 Å². The van der Waals surface area contributed by atoms with Gasteiger partial charge < -0.3 is 10.7 Å². The van der Waals surface area contributed by atoms with E-state index in [2.05, 4.69) is 16.3 Å². The summed E-state index contributed by atoms with van der Waals surface area (Å²) in [5, 5.41) is 17.3. The third-order valence-corrected chi connectivity index (χ3v) is 5.43. The third kappa shape index (κ3) is 4.76. The first-order valence-electron chi connectivity index (χ1n) is 9.19. The van der Waals surface area contributed by atoms with Gasteiger partial charge in [0, 0.05) is 17.8 Å². The molecule has 1 amide bonds. The van der Waals surface area contributed by atoms with Gasteiger partial charge in [0.15, 0.2) is 5.82 Å². The predicted octanol–water partition coefficient (Wildman–Crippen LogP) is 3.39. The van der Waals surface area contributed by atoms with Gasteiger partial charge in [0.1, 0.15) is 0 Å². The molecule has 0 aliphatic heterocycles. The van der Waals surface area contributed by atoms with E-state index < -0.39 is 5.25 Å². The summed E-state index contributed by atoms with van der Waals surface area (Å²) >= 11 is 1.24. The van der Waals surface area contributed by atoms with Crippen LogP contribution in [0, 0.1) is 18.3 Å². The number of amides is 1. The molecule has 0 aliphatic rings. The number of carbonyl (C=O) groups excluding carboxylic acids is 1. The molecule has 7 nitrogen and oxygen atoms in total. The van der Waals surface area contributed by atoms with Crippen LogP contribution in [-0.2, 0) is 4.79 Å². The minimum atomic E-state index is -0.453. The van der Waals surface area contributed by atoms with E-state index >= 15 is 0 Å². The third-order valence-electron chi connectivity index (χ3n) is 4.39. The summed E-state index contributed by atoms with van der Waals surface area (Å²) in [6.45, 7) is 4.14.